The minimum atomic E-state index is -4.85. The Morgan fingerprint density at radius 1 is 1.35 bits per heavy atom. The number of anilines is 1. The van der Waals surface area contributed by atoms with E-state index in [-0.39, 0.29) is 13.1 Å². The molecule has 0 radical (unpaired) electrons. The maximum absolute atomic E-state index is 12.6. The first-order valence-electron chi connectivity index (χ1n) is 6.28. The molecular weight excluding hydrogens is 269 g/mol. The molecule has 0 spiro atoms. The van der Waals surface area contributed by atoms with Gasteiger partial charge in [0.25, 0.3) is 0 Å². The number of hydrogen-bond donors (Lipinski definition) is 1. The average Bonchev–Trinajstić information content (AvgIpc) is 2.31. The van der Waals surface area contributed by atoms with Crippen LogP contribution in [0, 0.1) is 6.92 Å². The fourth-order valence-corrected chi connectivity index (χ4v) is 2.74. The lowest BCUT2D eigenvalue weighted by Crippen LogP contribution is -2.49. The van der Waals surface area contributed by atoms with Crippen molar-refractivity contribution in [1.29, 1.82) is 0 Å². The smallest absolute Gasteiger partial charge is 0.399 e. The number of amides is 1. The van der Waals surface area contributed by atoms with Gasteiger partial charge in [0.15, 0.2) is 0 Å². The predicted molar refractivity (Wildman–Crippen MR) is 70.1 cm³/mol. The lowest BCUT2D eigenvalue weighted by atomic mass is 9.77. The lowest BCUT2D eigenvalue weighted by Gasteiger charge is -2.41. The average molecular weight is 286 g/mol. The third-order valence-corrected chi connectivity index (χ3v) is 3.83. The number of benzene rings is 1. The summed E-state index contributed by atoms with van der Waals surface area (Å²) in [5, 5.41) is 0. The fraction of sp³-hybridized carbons (Fsp3) is 0.500. The Kier molecular flexibility index (Phi) is 3.23. The van der Waals surface area contributed by atoms with Gasteiger partial charge < -0.3 is 10.6 Å². The van der Waals surface area contributed by atoms with E-state index in [1.54, 1.807) is 13.0 Å². The molecule has 20 heavy (non-hydrogen) atoms. The van der Waals surface area contributed by atoms with E-state index < -0.39 is 17.5 Å². The quantitative estimate of drug-likeness (QED) is 0.745. The van der Waals surface area contributed by atoms with Gasteiger partial charge in [-0.1, -0.05) is 19.9 Å². The van der Waals surface area contributed by atoms with Gasteiger partial charge in [0.1, 0.15) is 0 Å². The van der Waals surface area contributed by atoms with E-state index in [1.807, 2.05) is 19.9 Å². The van der Waals surface area contributed by atoms with Crippen LogP contribution in [0.1, 0.15) is 30.5 Å². The first-order valence-corrected chi connectivity index (χ1v) is 6.28. The summed E-state index contributed by atoms with van der Waals surface area (Å²) >= 11 is 0. The normalized spacial score (nSPS) is 17.8. The summed E-state index contributed by atoms with van der Waals surface area (Å²) in [6.07, 6.45) is -4.85. The van der Waals surface area contributed by atoms with E-state index in [0.717, 1.165) is 21.6 Å². The van der Waals surface area contributed by atoms with Crippen LogP contribution in [-0.2, 0) is 16.8 Å². The van der Waals surface area contributed by atoms with E-state index in [2.05, 4.69) is 0 Å². The molecule has 0 saturated heterocycles. The Hall–Kier alpha value is -1.72. The Morgan fingerprint density at radius 2 is 1.95 bits per heavy atom. The van der Waals surface area contributed by atoms with Crippen molar-refractivity contribution in [2.45, 2.75) is 38.9 Å². The molecule has 1 heterocycles. The second-order valence-corrected chi connectivity index (χ2v) is 5.85. The van der Waals surface area contributed by atoms with Gasteiger partial charge in [0.05, 0.1) is 0 Å². The summed E-state index contributed by atoms with van der Waals surface area (Å²) in [6, 6.07) is 3.60. The first-order chi connectivity index (χ1) is 9.04. The number of nitrogen functional groups attached to an aromatic ring is 1. The molecule has 1 amide bonds. The minimum absolute atomic E-state index is 0.0434. The molecule has 1 aliphatic rings. The van der Waals surface area contributed by atoms with Crippen LogP contribution in [0.15, 0.2) is 12.1 Å². The maximum Gasteiger partial charge on any atom is 0.471 e. The van der Waals surface area contributed by atoms with Crippen molar-refractivity contribution >= 4 is 11.6 Å². The number of rotatable bonds is 0. The molecule has 2 N–H and O–H groups in total. The van der Waals surface area contributed by atoms with E-state index in [4.69, 9.17) is 5.73 Å². The molecular formula is C14H17F3N2O. The molecule has 0 fully saturated rings. The van der Waals surface area contributed by atoms with Crippen molar-refractivity contribution in [3.05, 3.63) is 28.8 Å². The molecule has 0 unspecified atom stereocenters. The van der Waals surface area contributed by atoms with Gasteiger partial charge >= 0.3 is 12.1 Å². The number of halogens is 3. The minimum Gasteiger partial charge on any atom is -0.399 e. The zero-order valence-electron chi connectivity index (χ0n) is 11.6. The lowest BCUT2D eigenvalue weighted by molar-refractivity contribution is -0.187. The number of nitrogens with two attached hydrogens (primary N) is 1. The number of fused-ring (bicyclic) bond motifs is 1. The highest BCUT2D eigenvalue weighted by Crippen LogP contribution is 2.37. The van der Waals surface area contributed by atoms with Crippen molar-refractivity contribution in [3.8, 4) is 0 Å². The molecule has 1 aromatic rings. The summed E-state index contributed by atoms with van der Waals surface area (Å²) < 4.78 is 37.9. The summed E-state index contributed by atoms with van der Waals surface area (Å²) in [7, 11) is 0. The van der Waals surface area contributed by atoms with E-state index in [0.29, 0.717) is 5.69 Å². The van der Waals surface area contributed by atoms with Crippen molar-refractivity contribution in [3.63, 3.8) is 0 Å². The molecule has 110 valence electrons. The Bertz CT molecular complexity index is 564. The van der Waals surface area contributed by atoms with Crippen LogP contribution in [0.25, 0.3) is 0 Å². The standard InChI is InChI=1S/C14H17F3N2O/c1-8-9-6-19(12(20)14(15,16)17)7-13(2,3)10(9)4-5-11(8)18/h4-5H,6-7,18H2,1-3H3. The van der Waals surface area contributed by atoms with Crippen LogP contribution in [0.3, 0.4) is 0 Å². The van der Waals surface area contributed by atoms with Crippen LogP contribution in [0.2, 0.25) is 0 Å². The molecule has 0 aliphatic carbocycles. The van der Waals surface area contributed by atoms with Gasteiger partial charge in [0, 0.05) is 24.2 Å². The molecule has 3 nitrogen and oxygen atoms in total. The number of nitrogens with zero attached hydrogens (tertiary/aromatic N) is 1. The molecule has 6 heteroatoms. The van der Waals surface area contributed by atoms with Crippen LogP contribution < -0.4 is 5.73 Å². The molecule has 0 atom stereocenters. The van der Waals surface area contributed by atoms with E-state index in [1.165, 1.54) is 0 Å². The maximum atomic E-state index is 12.6. The number of carbonyl (C=O) groups excluding carboxylic acids is 1. The van der Waals surface area contributed by atoms with E-state index in [9.17, 15) is 18.0 Å². The summed E-state index contributed by atoms with van der Waals surface area (Å²) in [4.78, 5) is 12.3. The molecule has 0 saturated carbocycles. The molecule has 1 aliphatic heterocycles. The molecule has 2 rings (SSSR count). The molecule has 0 aromatic heterocycles. The van der Waals surface area contributed by atoms with Gasteiger partial charge in [-0.25, -0.2) is 0 Å². The zero-order chi connectivity index (χ0) is 15.3. The second-order valence-electron chi connectivity index (χ2n) is 5.85. The third-order valence-electron chi connectivity index (χ3n) is 3.83. The first kappa shape index (κ1) is 14.7. The van der Waals surface area contributed by atoms with Crippen LogP contribution in [-0.4, -0.2) is 23.5 Å². The fourth-order valence-electron chi connectivity index (χ4n) is 2.74. The number of carbonyl (C=O) groups is 1. The van der Waals surface area contributed by atoms with Crippen LogP contribution in [0.5, 0.6) is 0 Å². The van der Waals surface area contributed by atoms with Crippen molar-refractivity contribution < 1.29 is 18.0 Å². The van der Waals surface area contributed by atoms with Crippen LogP contribution >= 0.6 is 0 Å². The highest BCUT2D eigenvalue weighted by Gasteiger charge is 2.46. The second kappa shape index (κ2) is 4.40. The van der Waals surface area contributed by atoms with Crippen molar-refractivity contribution in [2.75, 3.05) is 12.3 Å². The largest absolute Gasteiger partial charge is 0.471 e. The molecule has 1 aromatic carbocycles. The topological polar surface area (TPSA) is 46.3 Å². The van der Waals surface area contributed by atoms with Crippen molar-refractivity contribution in [1.82, 2.24) is 4.90 Å². The SMILES string of the molecule is Cc1c(N)ccc2c1CN(C(=O)C(F)(F)F)CC2(C)C. The van der Waals surface area contributed by atoms with Gasteiger partial charge in [-0.2, -0.15) is 13.2 Å². The van der Waals surface area contributed by atoms with Gasteiger partial charge in [-0.15, -0.1) is 0 Å². The van der Waals surface area contributed by atoms with E-state index >= 15 is 0 Å². The summed E-state index contributed by atoms with van der Waals surface area (Å²) in [6.45, 7) is 5.43. The van der Waals surface area contributed by atoms with Gasteiger partial charge in [-0.3, -0.25) is 4.79 Å². The van der Waals surface area contributed by atoms with Crippen LogP contribution in [0.4, 0.5) is 18.9 Å². The monoisotopic (exact) mass is 286 g/mol. The third kappa shape index (κ3) is 2.34. The molecule has 0 bridgehead atoms. The van der Waals surface area contributed by atoms with Crippen molar-refractivity contribution in [2.24, 2.45) is 0 Å². The zero-order valence-corrected chi connectivity index (χ0v) is 11.6. The number of hydrogen-bond acceptors (Lipinski definition) is 2. The summed E-state index contributed by atoms with van der Waals surface area (Å²) in [5.74, 6) is -1.79. The Labute approximate surface area is 115 Å². The van der Waals surface area contributed by atoms with Gasteiger partial charge in [-0.05, 0) is 29.7 Å². The van der Waals surface area contributed by atoms with Gasteiger partial charge in [0.2, 0.25) is 0 Å². The summed E-state index contributed by atoms with van der Waals surface area (Å²) in [5.41, 5.74) is 8.23. The Morgan fingerprint density at radius 3 is 2.50 bits per heavy atom. The number of alkyl halides is 3. The Balaban J connectivity index is 2.48. The highest BCUT2D eigenvalue weighted by molar-refractivity contribution is 5.82. The predicted octanol–water partition coefficient (Wildman–Crippen LogP) is 2.76. The highest BCUT2D eigenvalue weighted by atomic mass is 19.4.